The molecule has 2 aromatic carbocycles. The second-order valence-corrected chi connectivity index (χ2v) is 7.29. The second kappa shape index (κ2) is 6.70. The molecule has 6 nitrogen and oxygen atoms in total. The Kier molecular flexibility index (Phi) is 4.05. The average molecular weight is 363 g/mol. The Bertz CT molecular complexity index is 913. The number of fused-ring (bicyclic) bond motifs is 3. The van der Waals surface area contributed by atoms with Crippen molar-refractivity contribution in [1.82, 2.24) is 15.0 Å². The molecule has 3 fully saturated rings. The lowest BCUT2D eigenvalue weighted by atomic mass is 9.86. The molecule has 4 heterocycles. The fourth-order valence-corrected chi connectivity index (χ4v) is 3.96. The smallest absolute Gasteiger partial charge is 0.258 e. The van der Waals surface area contributed by atoms with E-state index in [1.807, 2.05) is 24.3 Å². The van der Waals surface area contributed by atoms with Crippen molar-refractivity contribution in [2.24, 2.45) is 5.92 Å². The van der Waals surface area contributed by atoms with Gasteiger partial charge in [0.05, 0.1) is 0 Å². The molecule has 1 aromatic heterocycles. The van der Waals surface area contributed by atoms with E-state index in [0.717, 1.165) is 23.4 Å². The Morgan fingerprint density at radius 3 is 2.33 bits per heavy atom. The third-order valence-corrected chi connectivity index (χ3v) is 5.54. The van der Waals surface area contributed by atoms with Crippen LogP contribution in [0.25, 0.3) is 22.8 Å². The van der Waals surface area contributed by atoms with Crippen LogP contribution in [-0.2, 0) is 0 Å². The van der Waals surface area contributed by atoms with Crippen molar-refractivity contribution in [3.8, 4) is 34.3 Å². The SMILES string of the molecule is Oc1ccc(-c2nc(-c3ccc(OC4CN5CCC4CC5)cc3)no2)cc1. The summed E-state index contributed by atoms with van der Waals surface area (Å²) >= 11 is 0. The summed E-state index contributed by atoms with van der Waals surface area (Å²) in [5.74, 6) is 2.74. The zero-order valence-corrected chi connectivity index (χ0v) is 14.9. The number of nitrogens with zero attached hydrogens (tertiary/aromatic N) is 3. The lowest BCUT2D eigenvalue weighted by Crippen LogP contribution is -2.52. The van der Waals surface area contributed by atoms with Crippen LogP contribution in [0.2, 0.25) is 0 Å². The summed E-state index contributed by atoms with van der Waals surface area (Å²) in [6.45, 7) is 3.46. The molecule has 0 spiro atoms. The van der Waals surface area contributed by atoms with Crippen molar-refractivity contribution in [1.29, 1.82) is 0 Å². The molecule has 0 radical (unpaired) electrons. The molecule has 3 aliphatic heterocycles. The summed E-state index contributed by atoms with van der Waals surface area (Å²) in [5, 5.41) is 13.4. The number of aromatic hydroxyl groups is 1. The van der Waals surface area contributed by atoms with Gasteiger partial charge in [-0.15, -0.1) is 0 Å². The fraction of sp³-hybridized carbons (Fsp3) is 0.333. The third-order valence-electron chi connectivity index (χ3n) is 5.54. The van der Waals surface area contributed by atoms with Crippen LogP contribution in [-0.4, -0.2) is 45.9 Å². The van der Waals surface area contributed by atoms with E-state index in [-0.39, 0.29) is 5.75 Å². The van der Waals surface area contributed by atoms with Crippen molar-refractivity contribution in [3.05, 3.63) is 48.5 Å². The number of benzene rings is 2. The zero-order chi connectivity index (χ0) is 18.2. The van der Waals surface area contributed by atoms with Gasteiger partial charge < -0.3 is 14.4 Å². The predicted molar refractivity (Wildman–Crippen MR) is 100 cm³/mol. The summed E-state index contributed by atoms with van der Waals surface area (Å²) < 4.78 is 11.6. The predicted octanol–water partition coefficient (Wildman–Crippen LogP) is 3.58. The van der Waals surface area contributed by atoms with Gasteiger partial charge in [-0.25, -0.2) is 0 Å². The molecule has 2 bridgehead atoms. The number of hydrogen-bond donors (Lipinski definition) is 1. The number of ether oxygens (including phenoxy) is 1. The summed E-state index contributed by atoms with van der Waals surface area (Å²) in [7, 11) is 0. The van der Waals surface area contributed by atoms with Crippen LogP contribution in [0.3, 0.4) is 0 Å². The minimum Gasteiger partial charge on any atom is -0.508 e. The highest BCUT2D eigenvalue weighted by molar-refractivity contribution is 5.60. The molecule has 0 aliphatic carbocycles. The Morgan fingerprint density at radius 1 is 0.963 bits per heavy atom. The lowest BCUT2D eigenvalue weighted by Gasteiger charge is -2.44. The van der Waals surface area contributed by atoms with Crippen LogP contribution < -0.4 is 4.74 Å². The summed E-state index contributed by atoms with van der Waals surface area (Å²) in [6.07, 6.45) is 2.78. The second-order valence-electron chi connectivity index (χ2n) is 7.29. The Balaban J connectivity index is 1.30. The first kappa shape index (κ1) is 16.3. The van der Waals surface area contributed by atoms with Crippen molar-refractivity contribution >= 4 is 0 Å². The highest BCUT2D eigenvalue weighted by Gasteiger charge is 2.35. The van der Waals surface area contributed by atoms with E-state index in [1.165, 1.54) is 25.9 Å². The topological polar surface area (TPSA) is 71.6 Å². The first-order valence-electron chi connectivity index (χ1n) is 9.37. The monoisotopic (exact) mass is 363 g/mol. The lowest BCUT2D eigenvalue weighted by molar-refractivity contribution is -0.00775. The number of piperidine rings is 3. The van der Waals surface area contributed by atoms with Crippen LogP contribution in [0.4, 0.5) is 0 Å². The van der Waals surface area contributed by atoms with Gasteiger partial charge in [-0.1, -0.05) is 5.16 Å². The summed E-state index contributed by atoms with van der Waals surface area (Å²) in [5.41, 5.74) is 1.65. The molecule has 1 atom stereocenters. The quantitative estimate of drug-likeness (QED) is 0.764. The van der Waals surface area contributed by atoms with Gasteiger partial charge in [-0.05, 0) is 80.4 Å². The van der Waals surface area contributed by atoms with Crippen LogP contribution in [0.5, 0.6) is 11.5 Å². The maximum atomic E-state index is 9.38. The number of hydrogen-bond acceptors (Lipinski definition) is 6. The number of aromatic nitrogens is 2. The minimum atomic E-state index is 0.206. The Morgan fingerprint density at radius 2 is 1.67 bits per heavy atom. The largest absolute Gasteiger partial charge is 0.508 e. The van der Waals surface area contributed by atoms with E-state index in [1.54, 1.807) is 24.3 Å². The number of phenolic OH excluding ortho intramolecular Hbond substituents is 1. The van der Waals surface area contributed by atoms with E-state index in [0.29, 0.717) is 23.7 Å². The summed E-state index contributed by atoms with van der Waals surface area (Å²) in [4.78, 5) is 6.94. The first-order valence-corrected chi connectivity index (χ1v) is 9.37. The van der Waals surface area contributed by atoms with Crippen molar-refractivity contribution in [3.63, 3.8) is 0 Å². The maximum absolute atomic E-state index is 9.38. The molecule has 3 saturated heterocycles. The van der Waals surface area contributed by atoms with Gasteiger partial charge >= 0.3 is 0 Å². The van der Waals surface area contributed by atoms with Crippen LogP contribution >= 0.6 is 0 Å². The molecule has 0 amide bonds. The Labute approximate surface area is 157 Å². The average Bonchev–Trinajstić information content (AvgIpc) is 3.20. The van der Waals surface area contributed by atoms with Crippen LogP contribution in [0.1, 0.15) is 12.8 Å². The van der Waals surface area contributed by atoms with Gasteiger partial charge in [-0.3, -0.25) is 4.90 Å². The van der Waals surface area contributed by atoms with Gasteiger partial charge in [0.25, 0.3) is 5.89 Å². The molecule has 3 aromatic rings. The minimum absolute atomic E-state index is 0.206. The van der Waals surface area contributed by atoms with Crippen LogP contribution in [0, 0.1) is 5.92 Å². The van der Waals surface area contributed by atoms with Crippen LogP contribution in [0.15, 0.2) is 53.1 Å². The molecule has 1 N–H and O–H groups in total. The molecule has 3 aliphatic rings. The van der Waals surface area contributed by atoms with E-state index >= 15 is 0 Å². The van der Waals surface area contributed by atoms with Crippen molar-refractivity contribution < 1.29 is 14.4 Å². The highest BCUT2D eigenvalue weighted by Crippen LogP contribution is 2.31. The summed E-state index contributed by atoms with van der Waals surface area (Å²) in [6, 6.07) is 14.6. The van der Waals surface area contributed by atoms with Gasteiger partial charge in [0, 0.05) is 17.7 Å². The molecule has 1 unspecified atom stereocenters. The first-order chi connectivity index (χ1) is 13.2. The van der Waals surface area contributed by atoms with E-state index < -0.39 is 0 Å². The molecule has 6 heteroatoms. The van der Waals surface area contributed by atoms with Gasteiger partial charge in [0.2, 0.25) is 5.82 Å². The van der Waals surface area contributed by atoms with E-state index in [9.17, 15) is 5.11 Å². The Hall–Kier alpha value is -2.86. The van der Waals surface area contributed by atoms with Crippen molar-refractivity contribution in [2.45, 2.75) is 18.9 Å². The standard InChI is InChI=1S/C21H21N3O3/c25-17-5-1-16(2-6-17)21-22-20(23-27-21)15-3-7-18(8-4-15)26-19-13-24-11-9-14(19)10-12-24/h1-8,14,19,25H,9-13H2. The number of phenols is 1. The number of rotatable bonds is 4. The van der Waals surface area contributed by atoms with E-state index in [2.05, 4.69) is 15.0 Å². The fourth-order valence-electron chi connectivity index (χ4n) is 3.96. The molecule has 138 valence electrons. The third kappa shape index (κ3) is 3.28. The highest BCUT2D eigenvalue weighted by atomic mass is 16.5. The van der Waals surface area contributed by atoms with Gasteiger partial charge in [0.15, 0.2) is 0 Å². The van der Waals surface area contributed by atoms with Gasteiger partial charge in [-0.2, -0.15) is 4.98 Å². The molecule has 27 heavy (non-hydrogen) atoms. The van der Waals surface area contributed by atoms with Crippen molar-refractivity contribution in [2.75, 3.05) is 19.6 Å². The van der Waals surface area contributed by atoms with E-state index in [4.69, 9.17) is 9.26 Å². The normalized spacial score (nSPS) is 24.1. The maximum Gasteiger partial charge on any atom is 0.258 e. The molecular formula is C21H21N3O3. The molecular weight excluding hydrogens is 342 g/mol. The molecule has 6 rings (SSSR count). The van der Waals surface area contributed by atoms with Gasteiger partial charge in [0.1, 0.15) is 17.6 Å². The zero-order valence-electron chi connectivity index (χ0n) is 14.9. The molecule has 0 saturated carbocycles.